The van der Waals surface area contributed by atoms with Crippen molar-refractivity contribution in [1.82, 2.24) is 0 Å². The minimum Gasteiger partial charge on any atom is -0.467 e. The van der Waals surface area contributed by atoms with Gasteiger partial charge in [0.05, 0.1) is 13.0 Å². The van der Waals surface area contributed by atoms with Gasteiger partial charge < -0.3 is 28.4 Å². The molecule has 128 valence electrons. The molecule has 0 aromatic carbocycles. The molecule has 23 heavy (non-hydrogen) atoms. The molecule has 0 bridgehead atoms. The molecule has 0 aromatic heterocycles. The van der Waals surface area contributed by atoms with Crippen molar-refractivity contribution in [3.05, 3.63) is 0 Å². The zero-order valence-corrected chi connectivity index (χ0v) is 14.2. The van der Waals surface area contributed by atoms with Crippen LogP contribution in [0.1, 0.15) is 0 Å². The molecule has 0 aromatic rings. The fourth-order valence-electron chi connectivity index (χ4n) is 3.48. The number of hydrogen-bond acceptors (Lipinski definition) is 9. The number of hydrogen-bond donors (Lipinski definition) is 0. The van der Waals surface area contributed by atoms with Crippen LogP contribution in [0, 0.1) is 11.3 Å². The molecule has 10 heteroatoms. The summed E-state index contributed by atoms with van der Waals surface area (Å²) in [5, 5.41) is 0. The highest BCUT2D eigenvalue weighted by Gasteiger charge is 2.96. The van der Waals surface area contributed by atoms with E-state index in [0.717, 1.165) is 0 Å². The van der Waals surface area contributed by atoms with Gasteiger partial charge in [0.25, 0.3) is 0 Å². The second kappa shape index (κ2) is 5.40. The van der Waals surface area contributed by atoms with Crippen molar-refractivity contribution in [3.8, 4) is 0 Å². The largest absolute Gasteiger partial charge is 0.467 e. The van der Waals surface area contributed by atoms with Crippen molar-refractivity contribution < 1.29 is 42.8 Å². The summed E-state index contributed by atoms with van der Waals surface area (Å²) in [7, 11) is 3.90. The van der Waals surface area contributed by atoms with Gasteiger partial charge in [0, 0.05) is 14.2 Å². The normalized spacial score (nSPS) is 44.0. The zero-order chi connectivity index (χ0) is 17.0. The Hall–Kier alpha value is -1.23. The Morgan fingerprint density at radius 2 is 1.74 bits per heavy atom. The highest BCUT2D eigenvalue weighted by atomic mass is 79.9. The van der Waals surface area contributed by atoms with Gasteiger partial charge >= 0.3 is 17.9 Å². The lowest BCUT2D eigenvalue weighted by Crippen LogP contribution is -2.43. The van der Waals surface area contributed by atoms with Crippen molar-refractivity contribution in [2.75, 3.05) is 27.9 Å². The van der Waals surface area contributed by atoms with Crippen molar-refractivity contribution in [2.24, 2.45) is 11.3 Å². The van der Waals surface area contributed by atoms with Crippen LogP contribution in [0.3, 0.4) is 0 Å². The predicted molar refractivity (Wildman–Crippen MR) is 73.1 cm³/mol. The first-order valence-electron chi connectivity index (χ1n) is 6.74. The summed E-state index contributed by atoms with van der Waals surface area (Å²) in [5.41, 5.74) is -1.38. The minimum atomic E-state index is -1.38. The van der Waals surface area contributed by atoms with Gasteiger partial charge in [-0.15, -0.1) is 0 Å². The lowest BCUT2D eigenvalue weighted by Gasteiger charge is -2.24. The molecule has 1 saturated carbocycles. The number of carbonyl (C=O) groups excluding carboxylic acids is 3. The highest BCUT2D eigenvalue weighted by molar-refractivity contribution is 9.10. The third kappa shape index (κ3) is 1.86. The molecular weight excluding hydrogens is 380 g/mol. The lowest BCUT2D eigenvalue weighted by atomic mass is 9.95. The van der Waals surface area contributed by atoms with Crippen LogP contribution in [0.2, 0.25) is 0 Å². The van der Waals surface area contributed by atoms with Crippen molar-refractivity contribution in [2.45, 2.75) is 23.0 Å². The number of methoxy groups -OCH3 is 3. The second-order valence-electron chi connectivity index (χ2n) is 5.38. The van der Waals surface area contributed by atoms with Gasteiger partial charge in [-0.3, -0.25) is 9.59 Å². The molecule has 6 unspecified atom stereocenters. The van der Waals surface area contributed by atoms with Gasteiger partial charge in [0.1, 0.15) is 18.1 Å². The summed E-state index contributed by atoms with van der Waals surface area (Å²) in [6.07, 6.45) is -2.97. The van der Waals surface area contributed by atoms with Gasteiger partial charge in [-0.25, -0.2) is 4.79 Å². The van der Waals surface area contributed by atoms with Gasteiger partial charge in [-0.2, -0.15) is 0 Å². The Labute approximate surface area is 139 Å². The number of fused-ring (bicyclic) bond motifs is 3. The molecule has 2 saturated heterocycles. The van der Waals surface area contributed by atoms with E-state index in [1.807, 2.05) is 0 Å². The van der Waals surface area contributed by atoms with Crippen LogP contribution in [-0.2, 0) is 42.8 Å². The molecule has 2 heterocycles. The van der Waals surface area contributed by atoms with Crippen molar-refractivity contribution in [3.63, 3.8) is 0 Å². The summed E-state index contributed by atoms with van der Waals surface area (Å²) in [6, 6.07) is 0. The Balaban J connectivity index is 1.94. The standard InChI is InChI=1S/C13H15BrO9/c1-18-5(15)4-21-7-9(20-3)23-10(16)12(7)6-8(19-2)22-11(17)13(6,12)14/h6-9H,4H2,1-3H3. The summed E-state index contributed by atoms with van der Waals surface area (Å²) >= 11 is 3.30. The number of alkyl halides is 1. The first kappa shape index (κ1) is 16.6. The Morgan fingerprint density at radius 3 is 2.30 bits per heavy atom. The van der Waals surface area contributed by atoms with E-state index in [2.05, 4.69) is 20.7 Å². The van der Waals surface area contributed by atoms with Crippen LogP contribution < -0.4 is 0 Å². The van der Waals surface area contributed by atoms with Crippen LogP contribution in [0.5, 0.6) is 0 Å². The molecule has 3 aliphatic rings. The third-order valence-corrected chi connectivity index (χ3v) is 6.03. The number of ether oxygens (including phenoxy) is 6. The highest BCUT2D eigenvalue weighted by Crippen LogP contribution is 2.77. The fourth-order valence-corrected chi connectivity index (χ4v) is 4.67. The van der Waals surface area contributed by atoms with Gasteiger partial charge in [-0.1, -0.05) is 15.9 Å². The van der Waals surface area contributed by atoms with E-state index in [4.69, 9.17) is 23.7 Å². The first-order chi connectivity index (χ1) is 10.9. The molecule has 1 aliphatic carbocycles. The monoisotopic (exact) mass is 394 g/mol. The molecule has 9 nitrogen and oxygen atoms in total. The average Bonchev–Trinajstić information content (AvgIpc) is 2.84. The first-order valence-corrected chi connectivity index (χ1v) is 7.53. The van der Waals surface area contributed by atoms with E-state index < -0.39 is 58.9 Å². The molecule has 0 radical (unpaired) electrons. The molecule has 3 fully saturated rings. The quantitative estimate of drug-likeness (QED) is 0.341. The number of carbonyl (C=O) groups is 3. The topological polar surface area (TPSA) is 107 Å². The predicted octanol–water partition coefficient (Wildman–Crippen LogP) is -0.647. The van der Waals surface area contributed by atoms with Gasteiger partial charge in [-0.05, 0) is 0 Å². The smallest absolute Gasteiger partial charge is 0.331 e. The molecule has 2 aliphatic heterocycles. The zero-order valence-electron chi connectivity index (χ0n) is 12.6. The Bertz CT molecular complexity index is 566. The lowest BCUT2D eigenvalue weighted by molar-refractivity contribution is -0.180. The summed E-state index contributed by atoms with van der Waals surface area (Å²) < 4.78 is 29.2. The number of cyclic esters (lactones) is 2. The van der Waals surface area contributed by atoms with Gasteiger partial charge in [0.2, 0.25) is 12.6 Å². The summed E-state index contributed by atoms with van der Waals surface area (Å²) in [5.74, 6) is -2.59. The minimum absolute atomic E-state index is 0.415. The van der Waals surface area contributed by atoms with Crippen LogP contribution >= 0.6 is 15.9 Å². The van der Waals surface area contributed by atoms with Crippen LogP contribution in [0.15, 0.2) is 0 Å². The molecule has 3 rings (SSSR count). The second-order valence-corrected chi connectivity index (χ2v) is 6.64. The SMILES string of the molecule is COC(=O)COC1C(OC)OC(=O)C12C1C(OC)OC(=O)C12Br. The van der Waals surface area contributed by atoms with E-state index in [1.54, 1.807) is 0 Å². The van der Waals surface area contributed by atoms with Crippen LogP contribution in [0.25, 0.3) is 0 Å². The van der Waals surface area contributed by atoms with Crippen molar-refractivity contribution in [1.29, 1.82) is 0 Å². The van der Waals surface area contributed by atoms with Crippen molar-refractivity contribution >= 4 is 33.8 Å². The van der Waals surface area contributed by atoms with E-state index >= 15 is 0 Å². The molecule has 1 spiro atoms. The maximum absolute atomic E-state index is 12.5. The fraction of sp³-hybridized carbons (Fsp3) is 0.769. The maximum Gasteiger partial charge on any atom is 0.331 e. The van der Waals surface area contributed by atoms with E-state index in [1.165, 1.54) is 21.3 Å². The Kier molecular flexibility index (Phi) is 3.90. The van der Waals surface area contributed by atoms with E-state index in [-0.39, 0.29) is 0 Å². The summed E-state index contributed by atoms with van der Waals surface area (Å²) in [6.45, 7) is -0.415. The van der Waals surface area contributed by atoms with E-state index in [0.29, 0.717) is 0 Å². The number of esters is 3. The molecule has 0 amide bonds. The molecule has 0 N–H and O–H groups in total. The van der Waals surface area contributed by atoms with Crippen LogP contribution in [0.4, 0.5) is 0 Å². The summed E-state index contributed by atoms with van der Waals surface area (Å²) in [4.78, 5) is 36.0. The van der Waals surface area contributed by atoms with E-state index in [9.17, 15) is 14.4 Å². The average molecular weight is 395 g/mol. The molecule has 6 atom stereocenters. The number of halogens is 1. The van der Waals surface area contributed by atoms with Crippen LogP contribution in [-0.4, -0.2) is 68.9 Å². The molecular formula is C13H15BrO9. The maximum atomic E-state index is 12.5. The third-order valence-electron chi connectivity index (χ3n) is 4.56. The Morgan fingerprint density at radius 1 is 1.13 bits per heavy atom. The van der Waals surface area contributed by atoms with Gasteiger partial charge in [0.15, 0.2) is 4.32 Å². The number of rotatable bonds is 5.